The third-order valence-electron chi connectivity index (χ3n) is 1.58. The van der Waals surface area contributed by atoms with E-state index in [1.54, 1.807) is 24.3 Å². The Morgan fingerprint density at radius 2 is 1.93 bits per heavy atom. The molecule has 74 valence electrons. The van der Waals surface area contributed by atoms with Gasteiger partial charge in [0.2, 0.25) is 0 Å². The van der Waals surface area contributed by atoms with Crippen molar-refractivity contribution in [2.24, 2.45) is 0 Å². The van der Waals surface area contributed by atoms with E-state index in [0.29, 0.717) is 10.9 Å². The van der Waals surface area contributed by atoms with Crippen molar-refractivity contribution in [2.45, 2.75) is 13.8 Å². The number of fused-ring (bicyclic) bond motifs is 1. The highest BCUT2D eigenvalue weighted by molar-refractivity contribution is 5.76. The van der Waals surface area contributed by atoms with Crippen molar-refractivity contribution in [1.82, 2.24) is 9.97 Å². The van der Waals surface area contributed by atoms with E-state index >= 15 is 0 Å². The first-order valence-corrected chi connectivity index (χ1v) is 4.42. The second kappa shape index (κ2) is 4.50. The van der Waals surface area contributed by atoms with E-state index in [1.807, 2.05) is 18.8 Å². The van der Waals surface area contributed by atoms with E-state index < -0.39 is 11.6 Å². The van der Waals surface area contributed by atoms with Crippen molar-refractivity contribution >= 4 is 10.9 Å². The van der Waals surface area contributed by atoms with E-state index in [2.05, 4.69) is 4.98 Å². The Kier molecular flexibility index (Phi) is 3.34. The maximum absolute atomic E-state index is 12.5. The van der Waals surface area contributed by atoms with Gasteiger partial charge in [0.25, 0.3) is 11.6 Å². The summed E-state index contributed by atoms with van der Waals surface area (Å²) in [7, 11) is 0. The van der Waals surface area contributed by atoms with Crippen LogP contribution in [0, 0.1) is 6.08 Å². The van der Waals surface area contributed by atoms with Crippen LogP contribution < -0.4 is 5.56 Å². The molecule has 0 fully saturated rings. The predicted octanol–water partition coefficient (Wildman–Crippen LogP) is 2.09. The zero-order valence-corrected chi connectivity index (χ0v) is 8.04. The highest BCUT2D eigenvalue weighted by Gasteiger charge is 2.00. The van der Waals surface area contributed by atoms with Gasteiger partial charge in [-0.1, -0.05) is 26.0 Å². The number of halogens is 1. The molecule has 0 atom stereocenters. The van der Waals surface area contributed by atoms with Gasteiger partial charge in [0.1, 0.15) is 0 Å². The smallest absolute Gasteiger partial charge is 0.282 e. The van der Waals surface area contributed by atoms with Crippen LogP contribution in [-0.2, 0) is 0 Å². The Labute approximate surface area is 80.6 Å². The molecule has 0 bridgehead atoms. The monoisotopic (exact) mass is 194 g/mol. The molecule has 1 heterocycles. The molecule has 0 aliphatic heterocycles. The Morgan fingerprint density at radius 1 is 1.29 bits per heavy atom. The normalized spacial score (nSPS) is 9.36. The van der Waals surface area contributed by atoms with Gasteiger partial charge in [-0.05, 0) is 12.1 Å². The minimum atomic E-state index is -0.848. The summed E-state index contributed by atoms with van der Waals surface area (Å²) in [5.74, 6) is 0. The second-order valence-corrected chi connectivity index (χ2v) is 2.37. The second-order valence-electron chi connectivity index (χ2n) is 2.37. The molecule has 0 aliphatic rings. The molecule has 0 saturated carbocycles. The molecule has 0 saturated heterocycles. The van der Waals surface area contributed by atoms with Gasteiger partial charge in [-0.2, -0.15) is 4.39 Å². The highest BCUT2D eigenvalue weighted by atomic mass is 19.1. The lowest BCUT2D eigenvalue weighted by Crippen LogP contribution is -2.09. The number of para-hydroxylation sites is 1. The van der Waals surface area contributed by atoms with Gasteiger partial charge in [0.05, 0.1) is 10.9 Å². The fourth-order valence-corrected chi connectivity index (χ4v) is 1.06. The zero-order valence-electron chi connectivity index (χ0n) is 8.04. The maximum Gasteiger partial charge on any atom is 0.289 e. The number of hydrogen-bond acceptors (Lipinski definition) is 2. The number of rotatable bonds is 0. The first-order valence-electron chi connectivity index (χ1n) is 4.42. The van der Waals surface area contributed by atoms with Crippen LogP contribution in [0.2, 0.25) is 0 Å². The minimum absolute atomic E-state index is 0.374. The van der Waals surface area contributed by atoms with Gasteiger partial charge in [0.15, 0.2) is 0 Å². The van der Waals surface area contributed by atoms with Crippen molar-refractivity contribution in [3.8, 4) is 0 Å². The zero-order chi connectivity index (χ0) is 10.6. The Hall–Kier alpha value is -1.71. The van der Waals surface area contributed by atoms with Crippen molar-refractivity contribution in [1.29, 1.82) is 0 Å². The summed E-state index contributed by atoms with van der Waals surface area (Å²) in [6, 6.07) is 6.60. The van der Waals surface area contributed by atoms with E-state index in [-0.39, 0.29) is 0 Å². The number of nitrogens with zero attached hydrogens (tertiary/aromatic N) is 1. The molecule has 1 N–H and O–H groups in total. The molecule has 0 spiro atoms. The molecular formula is C10H11FN2O. The van der Waals surface area contributed by atoms with Crippen molar-refractivity contribution in [3.63, 3.8) is 0 Å². The molecule has 3 nitrogen and oxygen atoms in total. The average Bonchev–Trinajstić information content (AvgIpc) is 2.20. The molecule has 0 radical (unpaired) electrons. The lowest BCUT2D eigenvalue weighted by Gasteiger charge is -1.93. The Balaban J connectivity index is 0.000000461. The number of H-pyrrole nitrogens is 1. The van der Waals surface area contributed by atoms with Gasteiger partial charge in [-0.3, -0.25) is 9.78 Å². The molecule has 1 aromatic heterocycles. The Morgan fingerprint density at radius 3 is 2.64 bits per heavy atom. The molecule has 4 heteroatoms. The van der Waals surface area contributed by atoms with Crippen molar-refractivity contribution in [2.75, 3.05) is 0 Å². The topological polar surface area (TPSA) is 45.8 Å². The summed E-state index contributed by atoms with van der Waals surface area (Å²) in [5, 5.41) is 0.402. The molecule has 0 amide bonds. The molecule has 2 rings (SSSR count). The van der Waals surface area contributed by atoms with E-state index in [9.17, 15) is 9.18 Å². The molecule has 0 unspecified atom stereocenters. The summed E-state index contributed by atoms with van der Waals surface area (Å²) in [6.07, 6.45) is -0.848. The molecule has 14 heavy (non-hydrogen) atoms. The van der Waals surface area contributed by atoms with Gasteiger partial charge in [-0.25, -0.2) is 4.98 Å². The van der Waals surface area contributed by atoms with Crippen LogP contribution in [0.25, 0.3) is 10.9 Å². The number of benzene rings is 1. The van der Waals surface area contributed by atoms with Crippen LogP contribution in [0.15, 0.2) is 29.1 Å². The van der Waals surface area contributed by atoms with Crippen LogP contribution >= 0.6 is 0 Å². The molecule has 1 aromatic carbocycles. The van der Waals surface area contributed by atoms with Crippen LogP contribution in [0.1, 0.15) is 13.8 Å². The third-order valence-corrected chi connectivity index (χ3v) is 1.58. The van der Waals surface area contributed by atoms with Gasteiger partial charge in [0, 0.05) is 0 Å². The summed E-state index contributed by atoms with van der Waals surface area (Å²) in [5.41, 5.74) is -0.0724. The number of hydrogen-bond donors (Lipinski definition) is 1. The largest absolute Gasteiger partial charge is 0.289 e. The summed E-state index contributed by atoms with van der Waals surface area (Å²) >= 11 is 0. The predicted molar refractivity (Wildman–Crippen MR) is 53.7 cm³/mol. The molecular weight excluding hydrogens is 183 g/mol. The van der Waals surface area contributed by atoms with Crippen LogP contribution in [0.5, 0.6) is 0 Å². The van der Waals surface area contributed by atoms with Crippen LogP contribution in [0.4, 0.5) is 4.39 Å². The molecule has 2 aromatic rings. The van der Waals surface area contributed by atoms with Gasteiger partial charge >= 0.3 is 0 Å². The summed E-state index contributed by atoms with van der Waals surface area (Å²) in [6.45, 7) is 4.00. The fraction of sp³-hybridized carbons (Fsp3) is 0.200. The summed E-state index contributed by atoms with van der Waals surface area (Å²) < 4.78 is 12.5. The molecule has 0 aliphatic carbocycles. The van der Waals surface area contributed by atoms with E-state index in [0.717, 1.165) is 0 Å². The SMILES string of the molecule is CC.O=c1[nH]c(F)nc2ccccc12. The number of aromatic amines is 1. The van der Waals surface area contributed by atoms with Crippen molar-refractivity contribution < 1.29 is 4.39 Å². The number of aromatic nitrogens is 2. The third kappa shape index (κ3) is 1.96. The quantitative estimate of drug-likeness (QED) is 0.652. The van der Waals surface area contributed by atoms with E-state index in [4.69, 9.17) is 0 Å². The summed E-state index contributed by atoms with van der Waals surface area (Å²) in [4.78, 5) is 16.6. The van der Waals surface area contributed by atoms with Gasteiger partial charge < -0.3 is 0 Å². The van der Waals surface area contributed by atoms with Crippen LogP contribution in [-0.4, -0.2) is 9.97 Å². The Bertz CT molecular complexity index is 479. The van der Waals surface area contributed by atoms with Crippen molar-refractivity contribution in [3.05, 3.63) is 40.7 Å². The lowest BCUT2D eigenvalue weighted by atomic mass is 10.2. The van der Waals surface area contributed by atoms with E-state index in [1.165, 1.54) is 0 Å². The van der Waals surface area contributed by atoms with Crippen LogP contribution in [0.3, 0.4) is 0 Å². The lowest BCUT2D eigenvalue weighted by molar-refractivity contribution is 0.541. The fourth-order valence-electron chi connectivity index (χ4n) is 1.06. The number of nitrogens with one attached hydrogen (secondary N) is 1. The first kappa shape index (κ1) is 10.4. The minimum Gasteiger partial charge on any atom is -0.282 e. The highest BCUT2D eigenvalue weighted by Crippen LogP contribution is 2.04. The maximum atomic E-state index is 12.5. The standard InChI is InChI=1S/C8H5FN2O.C2H6/c9-8-10-6-4-2-1-3-5(6)7(12)11-8;1-2/h1-4H,(H,10,11,12);1-2H3. The average molecular weight is 194 g/mol. The first-order chi connectivity index (χ1) is 6.77. The van der Waals surface area contributed by atoms with Gasteiger partial charge in [-0.15, -0.1) is 0 Å².